The van der Waals surface area contributed by atoms with Gasteiger partial charge in [-0.05, 0) is 30.3 Å². The molecule has 4 heteroatoms. The molecule has 0 amide bonds. The fourth-order valence-electron chi connectivity index (χ4n) is 4.97. The maximum atomic E-state index is 5.02. The van der Waals surface area contributed by atoms with Gasteiger partial charge in [0.15, 0.2) is 5.82 Å². The molecule has 7 rings (SSSR count). The maximum Gasteiger partial charge on any atom is 0.160 e. The van der Waals surface area contributed by atoms with Gasteiger partial charge in [0, 0.05) is 45.5 Å². The molecule has 0 fully saturated rings. The molecule has 0 spiro atoms. The van der Waals surface area contributed by atoms with E-state index in [9.17, 15) is 0 Å². The zero-order valence-corrected chi connectivity index (χ0v) is 20.0. The van der Waals surface area contributed by atoms with Crippen LogP contribution in [-0.4, -0.2) is 19.5 Å². The van der Waals surface area contributed by atoms with Gasteiger partial charge in [-0.15, -0.1) is 0 Å². The minimum Gasteiger partial charge on any atom is -0.309 e. The molecule has 0 atom stereocenters. The number of pyridine rings is 1. The van der Waals surface area contributed by atoms with Gasteiger partial charge in [0.2, 0.25) is 0 Å². The molecule has 0 saturated heterocycles. The van der Waals surface area contributed by atoms with Crippen molar-refractivity contribution in [3.63, 3.8) is 0 Å². The zero-order chi connectivity index (χ0) is 24.6. The highest BCUT2D eigenvalue weighted by molar-refractivity contribution is 6.08. The molecule has 0 radical (unpaired) electrons. The van der Waals surface area contributed by atoms with Crippen LogP contribution in [0.2, 0.25) is 0 Å². The topological polar surface area (TPSA) is 43.6 Å². The molecule has 0 N–H and O–H groups in total. The summed E-state index contributed by atoms with van der Waals surface area (Å²) < 4.78 is 2.30. The Bertz CT molecular complexity index is 1760. The molecule has 4 nitrogen and oxygen atoms in total. The van der Waals surface area contributed by atoms with E-state index >= 15 is 0 Å². The first-order chi connectivity index (χ1) is 18.3. The molecule has 0 aliphatic rings. The Labute approximate surface area is 214 Å². The smallest absolute Gasteiger partial charge is 0.160 e. The Morgan fingerprint density at radius 2 is 1.14 bits per heavy atom. The second kappa shape index (κ2) is 8.85. The first kappa shape index (κ1) is 21.2. The predicted molar refractivity (Wildman–Crippen MR) is 150 cm³/mol. The minimum absolute atomic E-state index is 0.713. The second-order valence-corrected chi connectivity index (χ2v) is 8.99. The number of hydrogen-bond donors (Lipinski definition) is 0. The number of benzene rings is 4. The monoisotopic (exact) mass is 474 g/mol. The molecule has 0 aliphatic heterocycles. The molecule has 0 unspecified atom stereocenters. The minimum atomic E-state index is 0.713. The van der Waals surface area contributed by atoms with Crippen LogP contribution in [0.15, 0.2) is 134 Å². The van der Waals surface area contributed by atoms with E-state index < -0.39 is 0 Å². The molecule has 37 heavy (non-hydrogen) atoms. The normalized spacial score (nSPS) is 11.2. The summed E-state index contributed by atoms with van der Waals surface area (Å²) in [5.74, 6) is 0.713. The van der Waals surface area contributed by atoms with Gasteiger partial charge in [0.1, 0.15) is 0 Å². The van der Waals surface area contributed by atoms with Gasteiger partial charge in [0.05, 0.1) is 22.4 Å². The van der Waals surface area contributed by atoms with Crippen molar-refractivity contribution >= 4 is 21.8 Å². The van der Waals surface area contributed by atoms with E-state index in [-0.39, 0.29) is 0 Å². The number of nitrogens with zero attached hydrogens (tertiary/aromatic N) is 4. The lowest BCUT2D eigenvalue weighted by atomic mass is 10.1. The number of aromatic nitrogens is 4. The highest BCUT2D eigenvalue weighted by Gasteiger charge is 2.14. The highest BCUT2D eigenvalue weighted by atomic mass is 15.0. The van der Waals surface area contributed by atoms with Gasteiger partial charge in [0.25, 0.3) is 0 Å². The van der Waals surface area contributed by atoms with Crippen molar-refractivity contribution in [3.8, 4) is 39.6 Å². The Hall–Kier alpha value is -5.09. The summed E-state index contributed by atoms with van der Waals surface area (Å²) in [4.78, 5) is 14.3. The fraction of sp³-hybridized carbons (Fsp3) is 0. The van der Waals surface area contributed by atoms with Crippen LogP contribution in [0.25, 0.3) is 61.4 Å². The highest BCUT2D eigenvalue weighted by Crippen LogP contribution is 2.33. The largest absolute Gasteiger partial charge is 0.309 e. The molecule has 3 aromatic heterocycles. The molecule has 3 heterocycles. The fourth-order valence-corrected chi connectivity index (χ4v) is 4.97. The van der Waals surface area contributed by atoms with Gasteiger partial charge in [-0.3, -0.25) is 4.98 Å². The standard InChI is InChI=1S/C33H22N4/c1-3-10-23(11-4-1)29-21-30(36-33(35-29)24-12-5-2-6-13-24)25-14-9-15-26(20-25)37-31-17-8-7-16-27(31)28-22-34-19-18-32(28)37/h1-22H. The van der Waals surface area contributed by atoms with Crippen molar-refractivity contribution in [2.24, 2.45) is 0 Å². The van der Waals surface area contributed by atoms with E-state index in [1.165, 1.54) is 5.39 Å². The van der Waals surface area contributed by atoms with E-state index in [0.29, 0.717) is 5.82 Å². The number of rotatable bonds is 4. The number of fused-ring (bicyclic) bond motifs is 3. The van der Waals surface area contributed by atoms with Gasteiger partial charge in [-0.25, -0.2) is 9.97 Å². The van der Waals surface area contributed by atoms with Gasteiger partial charge < -0.3 is 4.57 Å². The quantitative estimate of drug-likeness (QED) is 0.260. The molecule has 0 bridgehead atoms. The number of para-hydroxylation sites is 1. The summed E-state index contributed by atoms with van der Waals surface area (Å²) in [5.41, 5.74) is 8.24. The van der Waals surface area contributed by atoms with E-state index in [2.05, 4.69) is 94.5 Å². The Balaban J connectivity index is 1.44. The summed E-state index contributed by atoms with van der Waals surface area (Å²) >= 11 is 0. The average Bonchev–Trinajstić information content (AvgIpc) is 3.32. The van der Waals surface area contributed by atoms with Crippen LogP contribution in [0.5, 0.6) is 0 Å². The Morgan fingerprint density at radius 3 is 1.95 bits per heavy atom. The summed E-state index contributed by atoms with van der Waals surface area (Å²) in [7, 11) is 0. The van der Waals surface area contributed by atoms with E-state index in [4.69, 9.17) is 9.97 Å². The van der Waals surface area contributed by atoms with Crippen LogP contribution in [0.4, 0.5) is 0 Å². The number of hydrogen-bond acceptors (Lipinski definition) is 3. The summed E-state index contributed by atoms with van der Waals surface area (Å²) in [6.45, 7) is 0. The van der Waals surface area contributed by atoms with Crippen molar-refractivity contribution < 1.29 is 0 Å². The van der Waals surface area contributed by atoms with E-state index in [1.807, 2.05) is 48.8 Å². The Morgan fingerprint density at radius 1 is 0.486 bits per heavy atom. The summed E-state index contributed by atoms with van der Waals surface area (Å²) in [6.07, 6.45) is 3.80. The zero-order valence-electron chi connectivity index (χ0n) is 20.0. The maximum absolute atomic E-state index is 5.02. The first-order valence-corrected chi connectivity index (χ1v) is 12.3. The van der Waals surface area contributed by atoms with E-state index in [0.717, 1.165) is 50.2 Å². The van der Waals surface area contributed by atoms with Crippen molar-refractivity contribution in [1.82, 2.24) is 19.5 Å². The van der Waals surface area contributed by atoms with Crippen molar-refractivity contribution in [1.29, 1.82) is 0 Å². The summed E-state index contributed by atoms with van der Waals surface area (Å²) in [6, 6.07) is 41.6. The molecule has 4 aromatic carbocycles. The first-order valence-electron chi connectivity index (χ1n) is 12.3. The van der Waals surface area contributed by atoms with Gasteiger partial charge in [-0.2, -0.15) is 0 Å². The van der Waals surface area contributed by atoms with Crippen LogP contribution < -0.4 is 0 Å². The van der Waals surface area contributed by atoms with Crippen LogP contribution in [0, 0.1) is 0 Å². The lowest BCUT2D eigenvalue weighted by molar-refractivity contribution is 1.16. The third-order valence-corrected chi connectivity index (χ3v) is 6.70. The molecule has 0 aliphatic carbocycles. The lowest BCUT2D eigenvalue weighted by Gasteiger charge is -2.12. The van der Waals surface area contributed by atoms with Gasteiger partial charge >= 0.3 is 0 Å². The average molecular weight is 475 g/mol. The second-order valence-electron chi connectivity index (χ2n) is 8.99. The van der Waals surface area contributed by atoms with Gasteiger partial charge in [-0.1, -0.05) is 91.0 Å². The molecule has 7 aromatic rings. The Kier molecular flexibility index (Phi) is 5.07. The van der Waals surface area contributed by atoms with Crippen LogP contribution in [0.1, 0.15) is 0 Å². The summed E-state index contributed by atoms with van der Waals surface area (Å²) in [5, 5.41) is 2.33. The van der Waals surface area contributed by atoms with Crippen LogP contribution in [-0.2, 0) is 0 Å². The van der Waals surface area contributed by atoms with Crippen LogP contribution in [0.3, 0.4) is 0 Å². The third-order valence-electron chi connectivity index (χ3n) is 6.70. The van der Waals surface area contributed by atoms with Crippen molar-refractivity contribution in [2.45, 2.75) is 0 Å². The molecular formula is C33H22N4. The molecule has 0 saturated carbocycles. The SMILES string of the molecule is c1ccc(-c2cc(-c3cccc(-n4c5ccccc5c5cnccc54)c3)nc(-c3ccccc3)n2)cc1. The van der Waals surface area contributed by atoms with Crippen molar-refractivity contribution in [3.05, 3.63) is 134 Å². The predicted octanol–water partition coefficient (Wildman–Crippen LogP) is 7.97. The van der Waals surface area contributed by atoms with Crippen molar-refractivity contribution in [2.75, 3.05) is 0 Å². The lowest BCUT2D eigenvalue weighted by Crippen LogP contribution is -1.97. The van der Waals surface area contributed by atoms with Crippen LogP contribution >= 0.6 is 0 Å². The third kappa shape index (κ3) is 3.76. The van der Waals surface area contributed by atoms with E-state index in [1.54, 1.807) is 0 Å². The molecule has 174 valence electrons. The molecular weight excluding hydrogens is 452 g/mol.